The number of aromatic nitrogens is 6. The number of aromatic amines is 1. The van der Waals surface area contributed by atoms with Crippen LogP contribution in [0.1, 0.15) is 5.82 Å². The fraction of sp³-hybridized carbons (Fsp3) is 0.182. The predicted molar refractivity (Wildman–Crippen MR) is 65.9 cm³/mol. The molecule has 0 radical (unpaired) electrons. The van der Waals surface area contributed by atoms with Gasteiger partial charge in [0.05, 0.1) is 5.52 Å². The second kappa shape index (κ2) is 4.74. The molecule has 0 aliphatic heterocycles. The number of H-pyrrole nitrogens is 1. The normalized spacial score (nSPS) is 10.7. The third kappa shape index (κ3) is 2.24. The third-order valence-electron chi connectivity index (χ3n) is 2.47. The smallest absolute Gasteiger partial charge is 0.243 e. The molecule has 2 heterocycles. The topological polar surface area (TPSA) is 92.3 Å². The summed E-state index contributed by atoms with van der Waals surface area (Å²) >= 11 is 0. The van der Waals surface area contributed by atoms with Gasteiger partial charge in [-0.05, 0) is 12.1 Å². The number of fused-ring (bicyclic) bond motifs is 1. The van der Waals surface area contributed by atoms with Crippen LogP contribution >= 0.6 is 0 Å². The fourth-order valence-corrected chi connectivity index (χ4v) is 1.60. The van der Waals surface area contributed by atoms with Gasteiger partial charge in [0.2, 0.25) is 5.95 Å². The monoisotopic (exact) mass is 241 g/mol. The highest BCUT2D eigenvalue weighted by molar-refractivity contribution is 5.73. The SMILES string of the molecule is c1ccc2nc(NCCc3ncn[nH]3)nnc2c1. The van der Waals surface area contributed by atoms with Gasteiger partial charge in [0.15, 0.2) is 0 Å². The highest BCUT2D eigenvalue weighted by atomic mass is 15.2. The summed E-state index contributed by atoms with van der Waals surface area (Å²) in [5.74, 6) is 1.35. The minimum Gasteiger partial charge on any atom is -0.352 e. The van der Waals surface area contributed by atoms with E-state index >= 15 is 0 Å². The van der Waals surface area contributed by atoms with Gasteiger partial charge in [0.1, 0.15) is 17.7 Å². The number of benzene rings is 1. The molecule has 1 aromatic carbocycles. The first-order valence-corrected chi connectivity index (χ1v) is 5.59. The number of nitrogens with one attached hydrogen (secondary N) is 2. The van der Waals surface area contributed by atoms with Crippen LogP contribution in [0.2, 0.25) is 0 Å². The van der Waals surface area contributed by atoms with Crippen molar-refractivity contribution in [2.75, 3.05) is 11.9 Å². The zero-order valence-electron chi connectivity index (χ0n) is 9.54. The molecule has 90 valence electrons. The molecule has 0 spiro atoms. The number of anilines is 1. The van der Waals surface area contributed by atoms with Gasteiger partial charge in [0, 0.05) is 13.0 Å². The molecule has 0 bridgehead atoms. The van der Waals surface area contributed by atoms with Crippen LogP contribution in [-0.2, 0) is 6.42 Å². The van der Waals surface area contributed by atoms with Crippen molar-refractivity contribution in [3.8, 4) is 0 Å². The molecule has 0 fully saturated rings. The van der Waals surface area contributed by atoms with Gasteiger partial charge in [-0.1, -0.05) is 12.1 Å². The molecule has 7 heteroatoms. The van der Waals surface area contributed by atoms with Crippen molar-refractivity contribution in [1.82, 2.24) is 30.4 Å². The standard InChI is InChI=1S/C11H11N7/c1-2-4-9-8(3-1)15-11(18-16-9)12-6-5-10-13-7-14-17-10/h1-4,7H,5-6H2,(H,12,15,18)(H,13,14,17). The van der Waals surface area contributed by atoms with Gasteiger partial charge in [-0.15, -0.1) is 10.2 Å². The van der Waals surface area contributed by atoms with E-state index in [1.807, 2.05) is 24.3 Å². The molecule has 0 aliphatic rings. The summed E-state index contributed by atoms with van der Waals surface area (Å²) in [6, 6.07) is 7.63. The highest BCUT2D eigenvalue weighted by Gasteiger charge is 2.01. The van der Waals surface area contributed by atoms with Crippen LogP contribution in [0.4, 0.5) is 5.95 Å². The number of nitrogens with zero attached hydrogens (tertiary/aromatic N) is 5. The van der Waals surface area contributed by atoms with Crippen molar-refractivity contribution < 1.29 is 0 Å². The number of hydrogen-bond donors (Lipinski definition) is 2. The summed E-state index contributed by atoms with van der Waals surface area (Å²) in [7, 11) is 0. The first kappa shape index (κ1) is 10.6. The zero-order valence-corrected chi connectivity index (χ0v) is 9.54. The Morgan fingerprint density at radius 2 is 2.00 bits per heavy atom. The van der Waals surface area contributed by atoms with Crippen LogP contribution in [0.5, 0.6) is 0 Å². The summed E-state index contributed by atoms with van der Waals surface area (Å²) in [4.78, 5) is 8.40. The lowest BCUT2D eigenvalue weighted by Crippen LogP contribution is -2.09. The van der Waals surface area contributed by atoms with E-state index in [-0.39, 0.29) is 0 Å². The van der Waals surface area contributed by atoms with Crippen LogP contribution in [0, 0.1) is 0 Å². The van der Waals surface area contributed by atoms with E-state index in [2.05, 4.69) is 35.7 Å². The zero-order chi connectivity index (χ0) is 12.2. The molecule has 0 aliphatic carbocycles. The molecule has 0 saturated carbocycles. The van der Waals surface area contributed by atoms with E-state index in [9.17, 15) is 0 Å². The molecule has 3 aromatic rings. The average molecular weight is 241 g/mol. The fourth-order valence-electron chi connectivity index (χ4n) is 1.60. The molecular formula is C11H11N7. The minimum absolute atomic E-state index is 0.521. The van der Waals surface area contributed by atoms with Gasteiger partial charge >= 0.3 is 0 Å². The summed E-state index contributed by atoms with van der Waals surface area (Å²) < 4.78 is 0. The van der Waals surface area contributed by atoms with Crippen molar-refractivity contribution in [3.63, 3.8) is 0 Å². The Morgan fingerprint density at radius 3 is 2.83 bits per heavy atom. The Morgan fingerprint density at radius 1 is 1.11 bits per heavy atom. The third-order valence-corrected chi connectivity index (χ3v) is 2.47. The maximum absolute atomic E-state index is 4.36. The van der Waals surface area contributed by atoms with E-state index in [1.165, 1.54) is 6.33 Å². The number of hydrogen-bond acceptors (Lipinski definition) is 6. The quantitative estimate of drug-likeness (QED) is 0.701. The van der Waals surface area contributed by atoms with Crippen LogP contribution in [-0.4, -0.2) is 36.9 Å². The maximum Gasteiger partial charge on any atom is 0.243 e. The summed E-state index contributed by atoms with van der Waals surface area (Å²) in [5.41, 5.74) is 1.62. The largest absolute Gasteiger partial charge is 0.352 e. The number of rotatable bonds is 4. The van der Waals surface area contributed by atoms with Crippen LogP contribution in [0.25, 0.3) is 11.0 Å². The molecule has 7 nitrogen and oxygen atoms in total. The molecule has 18 heavy (non-hydrogen) atoms. The molecule has 0 amide bonds. The lowest BCUT2D eigenvalue weighted by Gasteiger charge is -2.03. The maximum atomic E-state index is 4.36. The lowest BCUT2D eigenvalue weighted by molar-refractivity contribution is 0.883. The lowest BCUT2D eigenvalue weighted by atomic mass is 10.3. The highest BCUT2D eigenvalue weighted by Crippen LogP contribution is 2.08. The Balaban J connectivity index is 1.67. The number of para-hydroxylation sites is 1. The first-order chi connectivity index (χ1) is 8.92. The molecule has 3 rings (SSSR count). The van der Waals surface area contributed by atoms with Crippen molar-refractivity contribution in [1.29, 1.82) is 0 Å². The van der Waals surface area contributed by atoms with E-state index in [0.29, 0.717) is 12.5 Å². The molecule has 0 saturated heterocycles. The molecule has 0 atom stereocenters. The summed E-state index contributed by atoms with van der Waals surface area (Å²) in [5, 5.41) is 17.8. The predicted octanol–water partition coefficient (Wildman–Crippen LogP) is 0.797. The van der Waals surface area contributed by atoms with Crippen LogP contribution < -0.4 is 5.32 Å². The van der Waals surface area contributed by atoms with E-state index in [0.717, 1.165) is 23.3 Å². The minimum atomic E-state index is 0.521. The Hall–Kier alpha value is -2.57. The second-order valence-electron chi connectivity index (χ2n) is 3.73. The van der Waals surface area contributed by atoms with E-state index < -0.39 is 0 Å². The van der Waals surface area contributed by atoms with E-state index in [4.69, 9.17) is 0 Å². The van der Waals surface area contributed by atoms with Gasteiger partial charge in [-0.2, -0.15) is 5.10 Å². The molecule has 2 N–H and O–H groups in total. The van der Waals surface area contributed by atoms with Crippen LogP contribution in [0.15, 0.2) is 30.6 Å². The molecular weight excluding hydrogens is 230 g/mol. The van der Waals surface area contributed by atoms with Crippen molar-refractivity contribution in [3.05, 3.63) is 36.4 Å². The van der Waals surface area contributed by atoms with Gasteiger partial charge in [-0.25, -0.2) is 9.97 Å². The summed E-state index contributed by atoms with van der Waals surface area (Å²) in [6.07, 6.45) is 2.22. The van der Waals surface area contributed by atoms with Gasteiger partial charge in [-0.3, -0.25) is 5.10 Å². The molecule has 2 aromatic heterocycles. The second-order valence-corrected chi connectivity index (χ2v) is 3.73. The van der Waals surface area contributed by atoms with Crippen LogP contribution in [0.3, 0.4) is 0 Å². The van der Waals surface area contributed by atoms with E-state index in [1.54, 1.807) is 0 Å². The van der Waals surface area contributed by atoms with Crippen molar-refractivity contribution in [2.24, 2.45) is 0 Å². The van der Waals surface area contributed by atoms with Crippen molar-refractivity contribution >= 4 is 17.0 Å². The first-order valence-electron chi connectivity index (χ1n) is 5.59. The Labute approximate surface area is 103 Å². The van der Waals surface area contributed by atoms with Gasteiger partial charge < -0.3 is 5.32 Å². The Bertz CT molecular complexity index is 635. The van der Waals surface area contributed by atoms with Crippen molar-refractivity contribution in [2.45, 2.75) is 6.42 Å². The Kier molecular flexibility index (Phi) is 2.79. The van der Waals surface area contributed by atoms with Gasteiger partial charge in [0.25, 0.3) is 0 Å². The molecule has 0 unspecified atom stereocenters. The average Bonchev–Trinajstić information content (AvgIpc) is 2.92. The summed E-state index contributed by atoms with van der Waals surface area (Å²) in [6.45, 7) is 0.676.